The lowest BCUT2D eigenvalue weighted by atomic mass is 10.0. The highest BCUT2D eigenvalue weighted by molar-refractivity contribution is 5.97. The molecule has 114 valence electrons. The third kappa shape index (κ3) is 3.56. The number of amides is 1. The summed E-state index contributed by atoms with van der Waals surface area (Å²) >= 11 is 0. The minimum Gasteiger partial charge on any atom is -0.507 e. The molecule has 1 amide bonds. The Balaban J connectivity index is 1.55. The number of hydrogen-bond donors (Lipinski definition) is 2. The molecule has 4 heteroatoms. The van der Waals surface area contributed by atoms with E-state index >= 15 is 0 Å². The Morgan fingerprint density at radius 2 is 2.00 bits per heavy atom. The zero-order valence-corrected chi connectivity index (χ0v) is 12.6. The Hall–Kier alpha value is -1.55. The largest absolute Gasteiger partial charge is 0.507 e. The number of aromatic hydroxyl groups is 1. The second-order valence-corrected chi connectivity index (χ2v) is 6.44. The average molecular weight is 288 g/mol. The van der Waals surface area contributed by atoms with Crippen LogP contribution < -0.4 is 5.32 Å². The molecule has 0 aromatic heterocycles. The molecule has 2 fully saturated rings. The fourth-order valence-corrected chi connectivity index (χ4v) is 2.93. The number of carbonyl (C=O) groups is 1. The van der Waals surface area contributed by atoms with Gasteiger partial charge in [0.25, 0.3) is 5.91 Å². The summed E-state index contributed by atoms with van der Waals surface area (Å²) in [4.78, 5) is 14.4. The van der Waals surface area contributed by atoms with Crippen LogP contribution in [0.25, 0.3) is 0 Å². The van der Waals surface area contributed by atoms with E-state index in [2.05, 4.69) is 5.32 Å². The summed E-state index contributed by atoms with van der Waals surface area (Å²) in [5.74, 6) is 0.935. The van der Waals surface area contributed by atoms with Crippen molar-refractivity contribution < 1.29 is 9.90 Å². The number of nitrogens with zero attached hydrogens (tertiary/aromatic N) is 1. The van der Waals surface area contributed by atoms with Crippen LogP contribution in [0.15, 0.2) is 18.2 Å². The van der Waals surface area contributed by atoms with E-state index in [4.69, 9.17) is 0 Å². The molecular formula is C17H24N2O2. The Morgan fingerprint density at radius 1 is 1.29 bits per heavy atom. The molecule has 1 aromatic rings. The second-order valence-electron chi connectivity index (χ2n) is 6.44. The normalized spacial score (nSPS) is 19.8. The van der Waals surface area contributed by atoms with Crippen LogP contribution in [0, 0.1) is 12.8 Å². The highest BCUT2D eigenvalue weighted by atomic mass is 16.3. The molecule has 21 heavy (non-hydrogen) atoms. The van der Waals surface area contributed by atoms with Gasteiger partial charge in [-0.2, -0.15) is 0 Å². The third-order valence-electron chi connectivity index (χ3n) is 4.56. The van der Waals surface area contributed by atoms with Gasteiger partial charge in [-0.3, -0.25) is 4.79 Å². The van der Waals surface area contributed by atoms with Gasteiger partial charge in [0.15, 0.2) is 0 Å². The summed E-state index contributed by atoms with van der Waals surface area (Å²) in [6.07, 6.45) is 4.75. The molecule has 4 nitrogen and oxygen atoms in total. The lowest BCUT2D eigenvalue weighted by Gasteiger charge is -2.32. The van der Waals surface area contributed by atoms with E-state index in [1.807, 2.05) is 17.9 Å². The maximum absolute atomic E-state index is 12.5. The van der Waals surface area contributed by atoms with Crippen molar-refractivity contribution in [3.63, 3.8) is 0 Å². The van der Waals surface area contributed by atoms with Gasteiger partial charge in [-0.25, -0.2) is 0 Å². The van der Waals surface area contributed by atoms with Gasteiger partial charge in [0, 0.05) is 19.1 Å². The number of piperidine rings is 1. The van der Waals surface area contributed by atoms with Gasteiger partial charge in [0.2, 0.25) is 0 Å². The van der Waals surface area contributed by atoms with Crippen molar-refractivity contribution in [2.24, 2.45) is 5.92 Å². The average Bonchev–Trinajstić information content (AvgIpc) is 3.32. The predicted octanol–water partition coefficient (Wildman–Crippen LogP) is 2.30. The number of nitrogens with one attached hydrogen (secondary N) is 1. The number of benzene rings is 1. The van der Waals surface area contributed by atoms with E-state index in [0.29, 0.717) is 11.6 Å². The zero-order chi connectivity index (χ0) is 14.8. The maximum atomic E-state index is 12.5. The number of phenols is 1. The molecule has 1 aliphatic heterocycles. The van der Waals surface area contributed by atoms with E-state index in [1.54, 1.807) is 12.1 Å². The maximum Gasteiger partial charge on any atom is 0.257 e. The standard InChI is InChI=1S/C17H24N2O2/c1-12-2-5-16(20)15(10-12)17(21)19-8-6-14(7-9-19)18-11-13-3-4-13/h2,5,10,13-14,18,20H,3-4,6-9,11H2,1H3. The summed E-state index contributed by atoms with van der Waals surface area (Å²) in [6.45, 7) is 4.62. The number of aryl methyl sites for hydroxylation is 1. The Labute approximate surface area is 126 Å². The topological polar surface area (TPSA) is 52.6 Å². The van der Waals surface area contributed by atoms with Gasteiger partial charge in [-0.05, 0) is 57.2 Å². The van der Waals surface area contributed by atoms with Crippen LogP contribution in [-0.4, -0.2) is 41.6 Å². The predicted molar refractivity (Wildman–Crippen MR) is 82.5 cm³/mol. The summed E-state index contributed by atoms with van der Waals surface area (Å²) in [5.41, 5.74) is 1.43. The summed E-state index contributed by atoms with van der Waals surface area (Å²) in [5, 5.41) is 13.5. The minimum atomic E-state index is -0.0446. The lowest BCUT2D eigenvalue weighted by Crippen LogP contribution is -2.45. The molecule has 2 aliphatic rings. The van der Waals surface area contributed by atoms with Crippen LogP contribution in [0.3, 0.4) is 0 Å². The van der Waals surface area contributed by atoms with Crippen LogP contribution >= 0.6 is 0 Å². The van der Waals surface area contributed by atoms with Crippen molar-refractivity contribution in [1.29, 1.82) is 0 Å². The molecule has 2 N–H and O–H groups in total. The Bertz CT molecular complexity index is 518. The van der Waals surface area contributed by atoms with Crippen molar-refractivity contribution in [1.82, 2.24) is 10.2 Å². The monoisotopic (exact) mass is 288 g/mol. The van der Waals surface area contributed by atoms with Gasteiger partial charge >= 0.3 is 0 Å². The summed E-state index contributed by atoms with van der Waals surface area (Å²) in [7, 11) is 0. The molecule has 1 saturated carbocycles. The lowest BCUT2D eigenvalue weighted by molar-refractivity contribution is 0.0702. The highest BCUT2D eigenvalue weighted by Gasteiger charge is 2.27. The summed E-state index contributed by atoms with van der Waals surface area (Å²) < 4.78 is 0. The van der Waals surface area contributed by atoms with Crippen LogP contribution in [0.5, 0.6) is 5.75 Å². The van der Waals surface area contributed by atoms with Gasteiger partial charge in [-0.1, -0.05) is 11.6 Å². The van der Waals surface area contributed by atoms with Gasteiger partial charge in [0.1, 0.15) is 5.75 Å². The van der Waals surface area contributed by atoms with Crippen LogP contribution in [0.2, 0.25) is 0 Å². The fourth-order valence-electron chi connectivity index (χ4n) is 2.93. The van der Waals surface area contributed by atoms with Gasteiger partial charge in [0.05, 0.1) is 5.56 Å². The first-order valence-corrected chi connectivity index (χ1v) is 7.96. The van der Waals surface area contributed by atoms with Crippen molar-refractivity contribution in [3.8, 4) is 5.75 Å². The number of rotatable bonds is 4. The van der Waals surface area contributed by atoms with Crippen LogP contribution in [-0.2, 0) is 0 Å². The number of phenolic OH excluding ortho intramolecular Hbond substituents is 1. The second kappa shape index (κ2) is 6.06. The smallest absolute Gasteiger partial charge is 0.257 e. The first-order valence-electron chi connectivity index (χ1n) is 7.96. The molecule has 0 spiro atoms. The third-order valence-corrected chi connectivity index (χ3v) is 4.56. The molecule has 0 bridgehead atoms. The highest BCUT2D eigenvalue weighted by Crippen LogP contribution is 2.28. The van der Waals surface area contributed by atoms with E-state index < -0.39 is 0 Å². The van der Waals surface area contributed by atoms with Crippen molar-refractivity contribution in [3.05, 3.63) is 29.3 Å². The fraction of sp³-hybridized carbons (Fsp3) is 0.588. The summed E-state index contributed by atoms with van der Waals surface area (Å²) in [6, 6.07) is 5.74. The van der Waals surface area contributed by atoms with E-state index in [0.717, 1.165) is 44.0 Å². The minimum absolute atomic E-state index is 0.0446. The molecule has 0 atom stereocenters. The molecule has 1 heterocycles. The molecule has 1 aromatic carbocycles. The molecule has 0 unspecified atom stereocenters. The van der Waals surface area contributed by atoms with Crippen LogP contribution in [0.1, 0.15) is 41.6 Å². The first kappa shape index (κ1) is 14.4. The van der Waals surface area contributed by atoms with Gasteiger partial charge < -0.3 is 15.3 Å². The molecule has 3 rings (SSSR count). The number of hydrogen-bond acceptors (Lipinski definition) is 3. The zero-order valence-electron chi connectivity index (χ0n) is 12.6. The molecule has 1 saturated heterocycles. The Kier molecular flexibility index (Phi) is 4.15. The molecular weight excluding hydrogens is 264 g/mol. The first-order chi connectivity index (χ1) is 10.1. The van der Waals surface area contributed by atoms with Crippen molar-refractivity contribution in [2.45, 2.75) is 38.6 Å². The number of carbonyl (C=O) groups excluding carboxylic acids is 1. The van der Waals surface area contributed by atoms with E-state index in [1.165, 1.54) is 12.8 Å². The van der Waals surface area contributed by atoms with E-state index in [-0.39, 0.29) is 11.7 Å². The van der Waals surface area contributed by atoms with Gasteiger partial charge in [-0.15, -0.1) is 0 Å². The molecule has 0 radical (unpaired) electrons. The SMILES string of the molecule is Cc1ccc(O)c(C(=O)N2CCC(NCC3CC3)CC2)c1. The number of likely N-dealkylation sites (tertiary alicyclic amines) is 1. The van der Waals surface area contributed by atoms with E-state index in [9.17, 15) is 9.90 Å². The molecule has 1 aliphatic carbocycles. The van der Waals surface area contributed by atoms with Crippen molar-refractivity contribution >= 4 is 5.91 Å². The van der Waals surface area contributed by atoms with Crippen molar-refractivity contribution in [2.75, 3.05) is 19.6 Å². The Morgan fingerprint density at radius 3 is 2.67 bits per heavy atom. The quantitative estimate of drug-likeness (QED) is 0.894. The van der Waals surface area contributed by atoms with Crippen LogP contribution in [0.4, 0.5) is 0 Å².